The molecule has 0 radical (unpaired) electrons. The SMILES string of the molecule is O=C(C[C@@H]1Sc2ccccc2NC1=O)NNC(=O)c1nc(-c2ccccc2)n(-c2ccccc2)n1. The largest absolute Gasteiger partial charge is 0.324 e. The van der Waals surface area contributed by atoms with E-state index in [1.165, 1.54) is 11.8 Å². The lowest BCUT2D eigenvalue weighted by atomic mass is 10.2. The summed E-state index contributed by atoms with van der Waals surface area (Å²) < 4.78 is 1.58. The van der Waals surface area contributed by atoms with Gasteiger partial charge in [0.2, 0.25) is 17.6 Å². The number of hydrogen-bond acceptors (Lipinski definition) is 6. The van der Waals surface area contributed by atoms with Crippen LogP contribution in [0.1, 0.15) is 17.0 Å². The van der Waals surface area contributed by atoms with Gasteiger partial charge in [-0.05, 0) is 24.3 Å². The summed E-state index contributed by atoms with van der Waals surface area (Å²) in [5.41, 5.74) is 6.96. The van der Waals surface area contributed by atoms with Gasteiger partial charge in [0.1, 0.15) is 0 Å². The Morgan fingerprint density at radius 3 is 2.37 bits per heavy atom. The molecule has 1 aliphatic heterocycles. The van der Waals surface area contributed by atoms with E-state index < -0.39 is 17.1 Å². The van der Waals surface area contributed by atoms with Gasteiger partial charge in [0.05, 0.1) is 16.6 Å². The average Bonchev–Trinajstić information content (AvgIpc) is 3.34. The van der Waals surface area contributed by atoms with E-state index >= 15 is 0 Å². The van der Waals surface area contributed by atoms with Crippen molar-refractivity contribution in [3.8, 4) is 17.1 Å². The van der Waals surface area contributed by atoms with E-state index in [-0.39, 0.29) is 18.2 Å². The third-order valence-electron chi connectivity index (χ3n) is 5.24. The Hall–Kier alpha value is -4.44. The third kappa shape index (κ3) is 4.92. The van der Waals surface area contributed by atoms with E-state index in [0.29, 0.717) is 5.82 Å². The molecule has 10 heteroatoms. The molecular weight excluding hydrogens is 464 g/mol. The highest BCUT2D eigenvalue weighted by atomic mass is 32.2. The number of hydrogen-bond donors (Lipinski definition) is 3. The Morgan fingerprint density at radius 1 is 0.914 bits per heavy atom. The number of thioether (sulfide) groups is 1. The third-order valence-corrected chi connectivity index (χ3v) is 6.51. The first-order chi connectivity index (χ1) is 17.1. The number of rotatable bonds is 5. The van der Waals surface area contributed by atoms with Crippen molar-refractivity contribution in [2.24, 2.45) is 0 Å². The minimum absolute atomic E-state index is 0.105. The molecule has 5 rings (SSSR count). The van der Waals surface area contributed by atoms with Crippen molar-refractivity contribution in [2.75, 3.05) is 5.32 Å². The molecule has 9 nitrogen and oxygen atoms in total. The van der Waals surface area contributed by atoms with Gasteiger partial charge in [-0.25, -0.2) is 9.67 Å². The summed E-state index contributed by atoms with van der Waals surface area (Å²) >= 11 is 1.31. The van der Waals surface area contributed by atoms with E-state index in [2.05, 4.69) is 26.3 Å². The quantitative estimate of drug-likeness (QED) is 0.375. The van der Waals surface area contributed by atoms with Crippen LogP contribution in [0.25, 0.3) is 17.1 Å². The van der Waals surface area contributed by atoms with E-state index in [4.69, 9.17) is 0 Å². The van der Waals surface area contributed by atoms with E-state index in [9.17, 15) is 14.4 Å². The molecule has 3 aromatic carbocycles. The normalized spacial score (nSPS) is 14.5. The lowest BCUT2D eigenvalue weighted by molar-refractivity contribution is -0.124. The topological polar surface area (TPSA) is 118 Å². The number of carbonyl (C=O) groups excluding carboxylic acids is 3. The molecule has 2 heterocycles. The lowest BCUT2D eigenvalue weighted by Crippen LogP contribution is -2.44. The molecule has 3 N–H and O–H groups in total. The van der Waals surface area contributed by atoms with Crippen LogP contribution in [0.3, 0.4) is 0 Å². The molecule has 0 fully saturated rings. The Morgan fingerprint density at radius 2 is 1.60 bits per heavy atom. The van der Waals surface area contributed by atoms with Crippen LogP contribution in [-0.4, -0.2) is 37.7 Å². The summed E-state index contributed by atoms with van der Waals surface area (Å²) in [6.45, 7) is 0. The zero-order valence-corrected chi connectivity index (χ0v) is 19.2. The van der Waals surface area contributed by atoms with Crippen LogP contribution in [0.4, 0.5) is 5.69 Å². The number of nitrogens with one attached hydrogen (secondary N) is 3. The van der Waals surface area contributed by atoms with Crippen molar-refractivity contribution in [1.29, 1.82) is 0 Å². The van der Waals surface area contributed by atoms with E-state index in [1.807, 2.05) is 84.9 Å². The molecular formula is C25H20N6O3S. The van der Waals surface area contributed by atoms with Crippen molar-refractivity contribution in [1.82, 2.24) is 25.6 Å². The van der Waals surface area contributed by atoms with Crippen LogP contribution < -0.4 is 16.2 Å². The van der Waals surface area contributed by atoms with Gasteiger partial charge in [-0.2, -0.15) is 0 Å². The second-order valence-corrected chi connectivity index (χ2v) is 8.92. The first-order valence-corrected chi connectivity index (χ1v) is 11.7. The Balaban J connectivity index is 1.27. The molecule has 35 heavy (non-hydrogen) atoms. The number of para-hydroxylation sites is 2. The summed E-state index contributed by atoms with van der Waals surface area (Å²) in [4.78, 5) is 42.8. The summed E-state index contributed by atoms with van der Waals surface area (Å²) in [6, 6.07) is 26.1. The highest BCUT2D eigenvalue weighted by Crippen LogP contribution is 2.36. The molecule has 0 saturated heterocycles. The maximum atomic E-state index is 12.7. The number of hydrazine groups is 1. The smallest absolute Gasteiger partial charge is 0.309 e. The second kappa shape index (κ2) is 9.82. The Bertz CT molecular complexity index is 1330. The fourth-order valence-electron chi connectivity index (χ4n) is 3.56. The summed E-state index contributed by atoms with van der Waals surface area (Å²) in [5, 5.41) is 6.55. The van der Waals surface area contributed by atoms with Crippen LogP contribution in [0.5, 0.6) is 0 Å². The summed E-state index contributed by atoms with van der Waals surface area (Å²) in [6.07, 6.45) is -0.105. The zero-order chi connectivity index (χ0) is 24.2. The summed E-state index contributed by atoms with van der Waals surface area (Å²) in [5.74, 6) is -1.05. The molecule has 0 saturated carbocycles. The minimum atomic E-state index is -0.670. The Labute approximate surface area is 204 Å². The van der Waals surface area contributed by atoms with Gasteiger partial charge < -0.3 is 5.32 Å². The monoisotopic (exact) mass is 484 g/mol. The maximum absolute atomic E-state index is 12.7. The molecule has 0 bridgehead atoms. The lowest BCUT2D eigenvalue weighted by Gasteiger charge is -2.23. The number of fused-ring (bicyclic) bond motifs is 1. The molecule has 3 amide bonds. The first kappa shape index (κ1) is 22.4. The first-order valence-electron chi connectivity index (χ1n) is 10.8. The molecule has 1 atom stereocenters. The summed E-state index contributed by atoms with van der Waals surface area (Å²) in [7, 11) is 0. The molecule has 1 aliphatic rings. The standard InChI is InChI=1S/C25H20N6O3S/c32-21(15-20-24(33)26-18-13-7-8-14-19(18)35-20)28-29-25(34)22-27-23(16-9-3-1-4-10-16)31(30-22)17-11-5-2-6-12-17/h1-14,20H,15H2,(H,26,33)(H,28,32)(H,29,34)/t20-/m0/s1. The van der Waals surface area contributed by atoms with Crippen molar-refractivity contribution >= 4 is 35.2 Å². The number of nitrogens with zero attached hydrogens (tertiary/aromatic N) is 3. The number of carbonyl (C=O) groups is 3. The van der Waals surface area contributed by atoms with Gasteiger partial charge in [0.15, 0.2) is 5.82 Å². The van der Waals surface area contributed by atoms with Gasteiger partial charge in [-0.1, -0.05) is 60.7 Å². The predicted octanol–water partition coefficient (Wildman–Crippen LogP) is 3.20. The number of amides is 3. The maximum Gasteiger partial charge on any atom is 0.309 e. The van der Waals surface area contributed by atoms with Gasteiger partial charge >= 0.3 is 5.91 Å². The van der Waals surface area contributed by atoms with Crippen molar-refractivity contribution < 1.29 is 14.4 Å². The average molecular weight is 485 g/mol. The molecule has 174 valence electrons. The van der Waals surface area contributed by atoms with Gasteiger partial charge in [0, 0.05) is 16.9 Å². The fraction of sp³-hybridized carbons (Fsp3) is 0.0800. The van der Waals surface area contributed by atoms with Crippen LogP contribution in [0.15, 0.2) is 89.8 Å². The fourth-order valence-corrected chi connectivity index (χ4v) is 4.67. The minimum Gasteiger partial charge on any atom is -0.324 e. The van der Waals surface area contributed by atoms with Gasteiger partial charge in [0.25, 0.3) is 0 Å². The van der Waals surface area contributed by atoms with E-state index in [1.54, 1.807) is 4.68 Å². The van der Waals surface area contributed by atoms with Crippen molar-refractivity contribution in [3.05, 3.63) is 90.8 Å². The number of anilines is 1. The van der Waals surface area contributed by atoms with Gasteiger partial charge in [-0.15, -0.1) is 16.9 Å². The van der Waals surface area contributed by atoms with Crippen LogP contribution in [-0.2, 0) is 9.59 Å². The molecule has 0 spiro atoms. The molecule has 1 aromatic heterocycles. The van der Waals surface area contributed by atoms with Crippen molar-refractivity contribution in [3.63, 3.8) is 0 Å². The molecule has 0 unspecified atom stereocenters. The van der Waals surface area contributed by atoms with Crippen LogP contribution in [0, 0.1) is 0 Å². The van der Waals surface area contributed by atoms with E-state index in [0.717, 1.165) is 21.8 Å². The Kier molecular flexibility index (Phi) is 6.27. The number of aromatic nitrogens is 3. The van der Waals surface area contributed by atoms with Gasteiger partial charge in [-0.3, -0.25) is 25.2 Å². The van der Waals surface area contributed by atoms with Crippen LogP contribution in [0.2, 0.25) is 0 Å². The van der Waals surface area contributed by atoms with Crippen molar-refractivity contribution in [2.45, 2.75) is 16.6 Å². The highest BCUT2D eigenvalue weighted by molar-refractivity contribution is 8.01. The predicted molar refractivity (Wildman–Crippen MR) is 132 cm³/mol. The van der Waals surface area contributed by atoms with Crippen LogP contribution >= 0.6 is 11.8 Å². The number of benzene rings is 3. The second-order valence-electron chi connectivity index (χ2n) is 7.67. The highest BCUT2D eigenvalue weighted by Gasteiger charge is 2.29. The zero-order valence-electron chi connectivity index (χ0n) is 18.3. The molecule has 4 aromatic rings. The molecule has 0 aliphatic carbocycles.